The zero-order chi connectivity index (χ0) is 15.5. The molecular weight excluding hydrogens is 266 g/mol. The van der Waals surface area contributed by atoms with Crippen LogP contribution in [0.15, 0.2) is 24.3 Å². The summed E-state index contributed by atoms with van der Waals surface area (Å²) in [6.07, 6.45) is 0. The molecule has 0 aromatic heterocycles. The van der Waals surface area contributed by atoms with Crippen molar-refractivity contribution < 1.29 is 14.3 Å². The average Bonchev–Trinajstić information content (AvgIpc) is 2.46. The number of carbonyl (C=O) groups is 2. The number of morpholine rings is 1. The van der Waals surface area contributed by atoms with Crippen LogP contribution in [0.3, 0.4) is 0 Å². The van der Waals surface area contributed by atoms with E-state index in [0.717, 1.165) is 13.1 Å². The molecule has 1 aromatic rings. The van der Waals surface area contributed by atoms with Crippen molar-refractivity contribution in [3.63, 3.8) is 0 Å². The number of hydrogen-bond acceptors (Lipinski definition) is 4. The molecule has 0 radical (unpaired) electrons. The van der Waals surface area contributed by atoms with Crippen molar-refractivity contribution in [1.29, 1.82) is 0 Å². The van der Waals surface area contributed by atoms with E-state index in [4.69, 9.17) is 4.74 Å². The quantitative estimate of drug-likeness (QED) is 0.799. The Morgan fingerprint density at radius 2 is 1.57 bits per heavy atom. The first-order valence-corrected chi connectivity index (χ1v) is 7.36. The molecule has 0 saturated carbocycles. The molecule has 0 aliphatic carbocycles. The number of ether oxygens (including phenoxy) is 1. The first kappa shape index (κ1) is 15.9. The second kappa shape index (κ2) is 6.50. The molecule has 21 heavy (non-hydrogen) atoms. The zero-order valence-electron chi connectivity index (χ0n) is 13.0. The minimum absolute atomic E-state index is 0.0895. The van der Waals surface area contributed by atoms with Crippen LogP contribution in [0.4, 0.5) is 0 Å². The summed E-state index contributed by atoms with van der Waals surface area (Å²) in [5.74, 6) is 0.182. The lowest BCUT2D eigenvalue weighted by Gasteiger charge is -2.25. The van der Waals surface area contributed by atoms with Crippen molar-refractivity contribution >= 4 is 11.6 Å². The molecule has 1 fully saturated rings. The van der Waals surface area contributed by atoms with Crippen LogP contribution in [0.2, 0.25) is 0 Å². The molecule has 0 spiro atoms. The van der Waals surface area contributed by atoms with Gasteiger partial charge in [-0.25, -0.2) is 0 Å². The Hall–Kier alpha value is -1.52. The van der Waals surface area contributed by atoms with Crippen LogP contribution >= 0.6 is 0 Å². The minimum atomic E-state index is -0.403. The fourth-order valence-electron chi connectivity index (χ4n) is 2.29. The Labute approximate surface area is 126 Å². The van der Waals surface area contributed by atoms with Crippen molar-refractivity contribution in [2.24, 2.45) is 5.41 Å². The molecule has 0 N–H and O–H groups in total. The highest BCUT2D eigenvalue weighted by Gasteiger charge is 2.23. The molecule has 4 nitrogen and oxygen atoms in total. The number of carbonyl (C=O) groups excluding carboxylic acids is 2. The lowest BCUT2D eigenvalue weighted by Crippen LogP contribution is -2.39. The Bertz CT molecular complexity index is 508. The first-order chi connectivity index (χ1) is 9.88. The normalized spacial score (nSPS) is 16.7. The molecule has 1 aliphatic heterocycles. The summed E-state index contributed by atoms with van der Waals surface area (Å²) in [5, 5.41) is 0. The van der Waals surface area contributed by atoms with E-state index in [1.165, 1.54) is 0 Å². The van der Waals surface area contributed by atoms with Crippen LogP contribution in [0.25, 0.3) is 0 Å². The highest BCUT2D eigenvalue weighted by atomic mass is 16.5. The van der Waals surface area contributed by atoms with Crippen LogP contribution in [-0.2, 0) is 4.74 Å². The highest BCUT2D eigenvalue weighted by Crippen LogP contribution is 2.21. The largest absolute Gasteiger partial charge is 0.379 e. The number of Topliss-reactive ketones (excluding diaryl/α,β-unsaturated/α-hetero) is 2. The summed E-state index contributed by atoms with van der Waals surface area (Å²) in [4.78, 5) is 26.5. The van der Waals surface area contributed by atoms with Gasteiger partial charge in [0.15, 0.2) is 11.6 Å². The van der Waals surface area contributed by atoms with Gasteiger partial charge in [-0.05, 0) is 0 Å². The summed E-state index contributed by atoms with van der Waals surface area (Å²) in [6, 6.07) is 7.00. The summed E-state index contributed by atoms with van der Waals surface area (Å²) < 4.78 is 5.27. The van der Waals surface area contributed by atoms with Gasteiger partial charge in [-0.15, -0.1) is 0 Å². The maximum Gasteiger partial charge on any atom is 0.176 e. The summed E-state index contributed by atoms with van der Waals surface area (Å²) >= 11 is 0. The Balaban J connectivity index is 2.01. The van der Waals surface area contributed by atoms with Crippen molar-refractivity contribution in [3.05, 3.63) is 35.4 Å². The lowest BCUT2D eigenvalue weighted by atomic mass is 9.86. The van der Waals surface area contributed by atoms with E-state index in [0.29, 0.717) is 30.9 Å². The van der Waals surface area contributed by atoms with E-state index in [9.17, 15) is 9.59 Å². The average molecular weight is 289 g/mol. The molecule has 4 heteroatoms. The maximum atomic E-state index is 12.2. The summed E-state index contributed by atoms with van der Waals surface area (Å²) in [6.45, 7) is 9.07. The molecular formula is C17H23NO3. The fourth-order valence-corrected chi connectivity index (χ4v) is 2.29. The fraction of sp³-hybridized carbons (Fsp3) is 0.529. The Kier molecular flexibility index (Phi) is 4.91. The summed E-state index contributed by atoms with van der Waals surface area (Å²) in [5.41, 5.74) is 0.914. The van der Waals surface area contributed by atoms with E-state index in [1.54, 1.807) is 24.3 Å². The molecule has 114 valence electrons. The molecule has 0 unspecified atom stereocenters. The van der Waals surface area contributed by atoms with Gasteiger partial charge in [-0.3, -0.25) is 14.5 Å². The van der Waals surface area contributed by atoms with Crippen LogP contribution in [-0.4, -0.2) is 49.3 Å². The van der Waals surface area contributed by atoms with Gasteiger partial charge in [0.1, 0.15) is 0 Å². The van der Waals surface area contributed by atoms with Crippen molar-refractivity contribution in [2.45, 2.75) is 20.8 Å². The molecule has 0 amide bonds. The topological polar surface area (TPSA) is 46.6 Å². The third kappa shape index (κ3) is 4.22. The standard InChI is InChI=1S/C17H23NO3/c1-17(2,3)16(20)14-6-4-13(5-7-14)15(19)12-18-8-10-21-11-9-18/h4-7H,8-12H2,1-3H3. The van der Waals surface area contributed by atoms with E-state index in [1.807, 2.05) is 20.8 Å². The van der Waals surface area contributed by atoms with E-state index in [2.05, 4.69) is 4.90 Å². The van der Waals surface area contributed by atoms with E-state index in [-0.39, 0.29) is 11.6 Å². The second-order valence-electron chi connectivity index (χ2n) is 6.47. The van der Waals surface area contributed by atoms with Gasteiger partial charge in [-0.1, -0.05) is 45.0 Å². The number of hydrogen-bond donors (Lipinski definition) is 0. The number of ketones is 2. The predicted molar refractivity (Wildman–Crippen MR) is 81.8 cm³/mol. The minimum Gasteiger partial charge on any atom is -0.379 e. The predicted octanol–water partition coefficient (Wildman–Crippen LogP) is 2.43. The van der Waals surface area contributed by atoms with Gasteiger partial charge in [0.2, 0.25) is 0 Å². The maximum absolute atomic E-state index is 12.2. The van der Waals surface area contributed by atoms with Crippen LogP contribution < -0.4 is 0 Å². The SMILES string of the molecule is CC(C)(C)C(=O)c1ccc(C(=O)CN2CCOCC2)cc1. The van der Waals surface area contributed by atoms with Gasteiger partial charge < -0.3 is 4.74 Å². The number of rotatable bonds is 4. The van der Waals surface area contributed by atoms with Gasteiger partial charge >= 0.3 is 0 Å². The third-order valence-electron chi connectivity index (χ3n) is 3.62. The van der Waals surface area contributed by atoms with Gasteiger partial charge in [-0.2, -0.15) is 0 Å². The molecule has 1 aliphatic rings. The van der Waals surface area contributed by atoms with Crippen molar-refractivity contribution in [1.82, 2.24) is 4.90 Å². The molecule has 2 rings (SSSR count). The van der Waals surface area contributed by atoms with Crippen LogP contribution in [0.5, 0.6) is 0 Å². The van der Waals surface area contributed by atoms with Crippen LogP contribution in [0.1, 0.15) is 41.5 Å². The number of nitrogens with zero attached hydrogens (tertiary/aromatic N) is 1. The Morgan fingerprint density at radius 1 is 1.05 bits per heavy atom. The molecule has 0 bridgehead atoms. The van der Waals surface area contributed by atoms with Gasteiger partial charge in [0.05, 0.1) is 19.8 Å². The zero-order valence-corrected chi connectivity index (χ0v) is 13.0. The van der Waals surface area contributed by atoms with E-state index >= 15 is 0 Å². The van der Waals surface area contributed by atoms with Crippen LogP contribution in [0, 0.1) is 5.41 Å². The highest BCUT2D eigenvalue weighted by molar-refractivity contribution is 6.02. The van der Waals surface area contributed by atoms with Crippen molar-refractivity contribution in [2.75, 3.05) is 32.8 Å². The van der Waals surface area contributed by atoms with Gasteiger partial charge in [0.25, 0.3) is 0 Å². The molecule has 1 heterocycles. The van der Waals surface area contributed by atoms with E-state index < -0.39 is 5.41 Å². The van der Waals surface area contributed by atoms with Gasteiger partial charge in [0, 0.05) is 29.6 Å². The monoisotopic (exact) mass is 289 g/mol. The number of benzene rings is 1. The summed E-state index contributed by atoms with van der Waals surface area (Å²) in [7, 11) is 0. The third-order valence-corrected chi connectivity index (χ3v) is 3.62. The van der Waals surface area contributed by atoms with Crippen molar-refractivity contribution in [3.8, 4) is 0 Å². The smallest absolute Gasteiger partial charge is 0.176 e. The molecule has 1 aromatic carbocycles. The molecule has 0 atom stereocenters. The Morgan fingerprint density at radius 3 is 2.10 bits per heavy atom. The second-order valence-corrected chi connectivity index (χ2v) is 6.47. The first-order valence-electron chi connectivity index (χ1n) is 7.36. The molecule has 1 saturated heterocycles. The lowest BCUT2D eigenvalue weighted by molar-refractivity contribution is 0.0371.